The highest BCUT2D eigenvalue weighted by atomic mass is 16.6. The number of nitrogens with one attached hydrogen (secondary N) is 1. The van der Waals surface area contributed by atoms with Gasteiger partial charge in [0, 0.05) is 12.1 Å². The first-order chi connectivity index (χ1) is 16.7. The van der Waals surface area contributed by atoms with E-state index in [1.807, 2.05) is 12.2 Å². The molecule has 0 aromatic heterocycles. The number of benzene rings is 2. The topological polar surface area (TPSA) is 153 Å². The zero-order chi connectivity index (χ0) is 24.9. The van der Waals surface area contributed by atoms with Crippen molar-refractivity contribution in [1.82, 2.24) is 0 Å². The van der Waals surface area contributed by atoms with E-state index < -0.39 is 27.1 Å². The molecule has 2 aliphatic carbocycles. The average Bonchev–Trinajstić information content (AvgIpc) is 3.51. The number of rotatable bonds is 6. The maximum atomic E-state index is 13.0. The minimum absolute atomic E-state index is 0.0988. The Bertz CT molecular complexity index is 1340. The van der Waals surface area contributed by atoms with Crippen molar-refractivity contribution >= 4 is 46.5 Å². The second-order valence-electron chi connectivity index (χ2n) is 8.65. The lowest BCUT2D eigenvalue weighted by molar-refractivity contribution is -0.393. The molecule has 2 aromatic carbocycles. The molecular formula is C24H18N4O7. The van der Waals surface area contributed by atoms with Gasteiger partial charge in [0.25, 0.3) is 11.4 Å². The van der Waals surface area contributed by atoms with Crippen LogP contribution in [0.5, 0.6) is 0 Å². The minimum Gasteiger partial charge on any atom is -0.317 e. The van der Waals surface area contributed by atoms with E-state index in [0.717, 1.165) is 30.7 Å². The Morgan fingerprint density at radius 3 is 2.29 bits per heavy atom. The van der Waals surface area contributed by atoms with Gasteiger partial charge in [0.2, 0.25) is 17.7 Å². The molecule has 2 aromatic rings. The van der Waals surface area contributed by atoms with Crippen molar-refractivity contribution in [2.75, 3.05) is 10.2 Å². The van der Waals surface area contributed by atoms with Crippen molar-refractivity contribution in [3.05, 3.63) is 86.5 Å². The highest BCUT2D eigenvalue weighted by molar-refractivity contribution is 6.23. The van der Waals surface area contributed by atoms with Gasteiger partial charge in [-0.05, 0) is 48.1 Å². The number of nitro benzene ring substituents is 2. The molecule has 3 aliphatic rings. The quantitative estimate of drug-likeness (QED) is 0.221. The molecule has 2 fully saturated rings. The first kappa shape index (κ1) is 22.1. The zero-order valence-corrected chi connectivity index (χ0v) is 18.1. The van der Waals surface area contributed by atoms with Gasteiger partial charge in [0.15, 0.2) is 0 Å². The molecule has 1 saturated carbocycles. The van der Waals surface area contributed by atoms with Crippen LogP contribution >= 0.6 is 0 Å². The highest BCUT2D eigenvalue weighted by Crippen LogP contribution is 2.53. The summed E-state index contributed by atoms with van der Waals surface area (Å²) in [5, 5.41) is 24.4. The van der Waals surface area contributed by atoms with Gasteiger partial charge in [-0.3, -0.25) is 34.6 Å². The molecule has 1 heterocycles. The van der Waals surface area contributed by atoms with E-state index in [9.17, 15) is 34.6 Å². The first-order valence-electron chi connectivity index (χ1n) is 10.8. The molecule has 1 aliphatic heterocycles. The number of hydrogen-bond donors (Lipinski definition) is 1. The van der Waals surface area contributed by atoms with E-state index in [0.29, 0.717) is 11.3 Å². The number of amides is 3. The SMILES string of the molecule is O=C(/C=C\c1cccc(N2C(=O)[C@@H]3[C@H](C2=O)[C@H]2C=C[C@H]3C2)c1)Nc1ccc([N+](=O)[O-])cc1[N+](=O)[O-]. The zero-order valence-electron chi connectivity index (χ0n) is 18.1. The Kier molecular flexibility index (Phi) is 5.24. The van der Waals surface area contributed by atoms with E-state index in [-0.39, 0.29) is 41.2 Å². The van der Waals surface area contributed by atoms with Crippen LogP contribution in [0, 0.1) is 43.9 Å². The van der Waals surface area contributed by atoms with Crippen molar-refractivity contribution in [3.8, 4) is 0 Å². The Balaban J connectivity index is 1.32. The molecule has 35 heavy (non-hydrogen) atoms. The van der Waals surface area contributed by atoms with Gasteiger partial charge in [-0.15, -0.1) is 0 Å². The van der Waals surface area contributed by atoms with E-state index >= 15 is 0 Å². The lowest BCUT2D eigenvalue weighted by Crippen LogP contribution is -2.32. The molecule has 4 atom stereocenters. The number of anilines is 2. The normalized spacial score (nSPS) is 24.3. The number of fused-ring (bicyclic) bond motifs is 5. The maximum absolute atomic E-state index is 13.0. The molecule has 176 valence electrons. The Morgan fingerprint density at radius 1 is 0.971 bits per heavy atom. The number of carbonyl (C=O) groups excluding carboxylic acids is 3. The summed E-state index contributed by atoms with van der Waals surface area (Å²) in [6.45, 7) is 0. The van der Waals surface area contributed by atoms with Crippen LogP contribution < -0.4 is 10.2 Å². The van der Waals surface area contributed by atoms with Gasteiger partial charge >= 0.3 is 0 Å². The smallest absolute Gasteiger partial charge is 0.299 e. The van der Waals surface area contributed by atoms with Gasteiger partial charge in [0.05, 0.1) is 33.4 Å². The van der Waals surface area contributed by atoms with E-state index in [4.69, 9.17) is 0 Å². The van der Waals surface area contributed by atoms with E-state index in [1.54, 1.807) is 24.3 Å². The summed E-state index contributed by atoms with van der Waals surface area (Å²) < 4.78 is 0. The second-order valence-corrected chi connectivity index (χ2v) is 8.65. The standard InChI is InChI=1S/C24H18N4O7/c29-20(25-18-8-7-17(27(32)33)12-19(18)28(34)35)9-4-13-2-1-3-16(10-13)26-23(30)21-14-5-6-15(11-14)22(21)24(26)31/h1-10,12,14-15,21-22H,11H2,(H,25,29)/b9-4-/t14-,15-,21-,22+/m0/s1. The van der Waals surface area contributed by atoms with Crippen LogP contribution in [-0.2, 0) is 14.4 Å². The number of allylic oxidation sites excluding steroid dienone is 2. The predicted octanol–water partition coefficient (Wildman–Crippen LogP) is 3.47. The summed E-state index contributed by atoms with van der Waals surface area (Å²) in [6.07, 6.45) is 7.45. The number of nitro groups is 2. The van der Waals surface area contributed by atoms with Crippen LogP contribution in [0.2, 0.25) is 0 Å². The number of non-ortho nitro benzene ring substituents is 1. The minimum atomic E-state index is -0.822. The number of imide groups is 1. The van der Waals surface area contributed by atoms with E-state index in [2.05, 4.69) is 5.32 Å². The molecule has 0 unspecified atom stereocenters. The van der Waals surface area contributed by atoms with Crippen molar-refractivity contribution in [1.29, 1.82) is 0 Å². The molecule has 1 N–H and O–H groups in total. The fourth-order valence-electron chi connectivity index (χ4n) is 5.16. The van der Waals surface area contributed by atoms with Gasteiger partial charge in [-0.25, -0.2) is 4.90 Å². The second kappa shape index (κ2) is 8.28. The molecule has 11 heteroatoms. The number of nitrogens with zero attached hydrogens (tertiary/aromatic N) is 3. The third-order valence-corrected chi connectivity index (χ3v) is 6.67. The maximum Gasteiger partial charge on any atom is 0.299 e. The van der Waals surface area contributed by atoms with Gasteiger partial charge in [-0.1, -0.05) is 24.3 Å². The number of hydrogen-bond acceptors (Lipinski definition) is 7. The fourth-order valence-corrected chi connectivity index (χ4v) is 5.16. The summed E-state index contributed by atoms with van der Waals surface area (Å²) in [7, 11) is 0. The molecule has 0 spiro atoms. The average molecular weight is 474 g/mol. The fraction of sp³-hybridized carbons (Fsp3) is 0.208. The summed E-state index contributed by atoms with van der Waals surface area (Å²) in [6, 6.07) is 9.52. The van der Waals surface area contributed by atoms with Gasteiger partial charge in [0.1, 0.15) is 5.69 Å². The highest BCUT2D eigenvalue weighted by Gasteiger charge is 2.59. The van der Waals surface area contributed by atoms with Crippen molar-refractivity contribution in [2.24, 2.45) is 23.7 Å². The Labute approximate surface area is 198 Å². The van der Waals surface area contributed by atoms with Gasteiger partial charge < -0.3 is 5.32 Å². The largest absolute Gasteiger partial charge is 0.317 e. The van der Waals surface area contributed by atoms with E-state index in [1.165, 1.54) is 11.0 Å². The summed E-state index contributed by atoms with van der Waals surface area (Å²) in [5.41, 5.74) is -0.312. The van der Waals surface area contributed by atoms with Crippen molar-refractivity contribution in [3.63, 3.8) is 0 Å². The van der Waals surface area contributed by atoms with Crippen LogP contribution in [0.3, 0.4) is 0 Å². The van der Waals surface area contributed by atoms with Crippen LogP contribution in [-0.4, -0.2) is 27.6 Å². The summed E-state index contributed by atoms with van der Waals surface area (Å²) >= 11 is 0. The molecule has 0 radical (unpaired) electrons. The predicted molar refractivity (Wildman–Crippen MR) is 124 cm³/mol. The molecule has 11 nitrogen and oxygen atoms in total. The van der Waals surface area contributed by atoms with Crippen LogP contribution in [0.15, 0.2) is 60.7 Å². The lowest BCUT2D eigenvalue weighted by Gasteiger charge is -2.17. The monoisotopic (exact) mass is 474 g/mol. The summed E-state index contributed by atoms with van der Waals surface area (Å²) in [4.78, 5) is 60.1. The third kappa shape index (κ3) is 3.76. The number of carbonyl (C=O) groups is 3. The van der Waals surface area contributed by atoms with Crippen molar-refractivity contribution < 1.29 is 24.2 Å². The summed E-state index contributed by atoms with van der Waals surface area (Å²) in [5.74, 6) is -1.55. The first-order valence-corrected chi connectivity index (χ1v) is 10.8. The molecular weight excluding hydrogens is 456 g/mol. The molecule has 5 rings (SSSR count). The molecule has 3 amide bonds. The van der Waals surface area contributed by atoms with Crippen LogP contribution in [0.25, 0.3) is 6.08 Å². The Morgan fingerprint density at radius 2 is 1.66 bits per heavy atom. The Hall–Kier alpha value is -4.67. The van der Waals surface area contributed by atoms with Gasteiger partial charge in [-0.2, -0.15) is 0 Å². The van der Waals surface area contributed by atoms with Crippen LogP contribution in [0.4, 0.5) is 22.7 Å². The molecule has 2 bridgehead atoms. The lowest BCUT2D eigenvalue weighted by atomic mass is 9.85. The van der Waals surface area contributed by atoms with Crippen LogP contribution in [0.1, 0.15) is 12.0 Å². The molecule has 1 saturated heterocycles. The van der Waals surface area contributed by atoms with Crippen molar-refractivity contribution in [2.45, 2.75) is 6.42 Å². The third-order valence-electron chi connectivity index (χ3n) is 6.67.